The molecule has 1 aliphatic rings. The molecule has 3 rings (SSSR count). The highest BCUT2D eigenvalue weighted by Gasteiger charge is 2.24. The molecular formula is C15H16F2N2O3. The van der Waals surface area contributed by atoms with E-state index in [9.17, 15) is 8.78 Å². The molecule has 22 heavy (non-hydrogen) atoms. The van der Waals surface area contributed by atoms with Crippen molar-refractivity contribution in [2.75, 3.05) is 7.11 Å². The van der Waals surface area contributed by atoms with Crippen LogP contribution in [0.5, 0.6) is 17.4 Å². The highest BCUT2D eigenvalue weighted by atomic mass is 19.3. The minimum atomic E-state index is -2.89. The maximum atomic E-state index is 12.3. The van der Waals surface area contributed by atoms with Crippen LogP contribution in [0.25, 0.3) is 0 Å². The molecule has 2 aromatic rings. The molecule has 1 aliphatic carbocycles. The van der Waals surface area contributed by atoms with Crippen molar-refractivity contribution in [1.29, 1.82) is 0 Å². The normalized spacial score (nSPS) is 14.2. The lowest BCUT2D eigenvalue weighted by Crippen LogP contribution is -2.04. The third kappa shape index (κ3) is 3.47. The van der Waals surface area contributed by atoms with E-state index in [1.807, 2.05) is 16.9 Å². The van der Waals surface area contributed by atoms with Crippen LogP contribution >= 0.6 is 0 Å². The molecule has 1 heterocycles. The third-order valence-corrected chi connectivity index (χ3v) is 3.34. The first kappa shape index (κ1) is 14.6. The first-order chi connectivity index (χ1) is 10.7. The second kappa shape index (κ2) is 6.21. The Morgan fingerprint density at radius 3 is 2.77 bits per heavy atom. The predicted molar refractivity (Wildman–Crippen MR) is 74.5 cm³/mol. The summed E-state index contributed by atoms with van der Waals surface area (Å²) in [7, 11) is 1.40. The molecule has 1 fully saturated rings. The lowest BCUT2D eigenvalue weighted by molar-refractivity contribution is -0.0512. The van der Waals surface area contributed by atoms with Gasteiger partial charge in [0.05, 0.1) is 13.2 Å². The quantitative estimate of drug-likeness (QED) is 0.786. The molecule has 118 valence electrons. The van der Waals surface area contributed by atoms with Crippen LogP contribution in [0.15, 0.2) is 30.5 Å². The number of nitrogens with zero attached hydrogens (tertiary/aromatic N) is 2. The molecule has 0 saturated heterocycles. The fourth-order valence-corrected chi connectivity index (χ4v) is 2.09. The molecule has 0 amide bonds. The van der Waals surface area contributed by atoms with E-state index in [1.165, 1.54) is 13.2 Å². The van der Waals surface area contributed by atoms with Crippen LogP contribution in [-0.4, -0.2) is 23.5 Å². The summed E-state index contributed by atoms with van der Waals surface area (Å²) < 4.78 is 41.5. The largest absolute Gasteiger partial charge is 0.493 e. The van der Waals surface area contributed by atoms with Crippen LogP contribution < -0.4 is 14.2 Å². The molecule has 1 aromatic heterocycles. The topological polar surface area (TPSA) is 45.5 Å². The number of hydrogen-bond acceptors (Lipinski definition) is 4. The fourth-order valence-electron chi connectivity index (χ4n) is 2.09. The molecule has 0 unspecified atom stereocenters. The Balaban J connectivity index is 1.63. The Labute approximate surface area is 126 Å². The van der Waals surface area contributed by atoms with Crippen LogP contribution in [-0.2, 0) is 6.61 Å². The summed E-state index contributed by atoms with van der Waals surface area (Å²) in [6.07, 6.45) is 4.21. The Morgan fingerprint density at radius 1 is 1.27 bits per heavy atom. The van der Waals surface area contributed by atoms with E-state index in [4.69, 9.17) is 9.47 Å². The van der Waals surface area contributed by atoms with Crippen molar-refractivity contribution in [2.24, 2.45) is 0 Å². The first-order valence-electron chi connectivity index (χ1n) is 6.95. The molecule has 1 aromatic carbocycles. The molecule has 5 nitrogen and oxygen atoms in total. The first-order valence-corrected chi connectivity index (χ1v) is 6.95. The average Bonchev–Trinajstić information content (AvgIpc) is 3.24. The zero-order valence-electron chi connectivity index (χ0n) is 12.0. The number of methoxy groups -OCH3 is 1. The molecule has 7 heteroatoms. The van der Waals surface area contributed by atoms with E-state index in [0.717, 1.165) is 18.4 Å². The standard InChI is InChI=1S/C15H16F2N2O3/c1-20-13-8-10(2-5-12(13)22-15(16)17)9-21-14-6-7-19(18-14)11-3-4-11/h2,5-8,11,15H,3-4,9H2,1H3. The molecule has 0 atom stereocenters. The van der Waals surface area contributed by atoms with Gasteiger partial charge in [0.15, 0.2) is 11.5 Å². The molecule has 0 radical (unpaired) electrons. The van der Waals surface area contributed by atoms with Gasteiger partial charge in [-0.3, -0.25) is 4.68 Å². The van der Waals surface area contributed by atoms with Gasteiger partial charge in [0.2, 0.25) is 5.88 Å². The number of aromatic nitrogens is 2. The summed E-state index contributed by atoms with van der Waals surface area (Å²) in [5.74, 6) is 0.781. The van der Waals surface area contributed by atoms with Gasteiger partial charge in [-0.15, -0.1) is 5.10 Å². The number of ether oxygens (including phenoxy) is 3. The summed E-state index contributed by atoms with van der Waals surface area (Å²) in [4.78, 5) is 0. The minimum absolute atomic E-state index is 0.000684. The van der Waals surface area contributed by atoms with Crippen molar-refractivity contribution in [1.82, 2.24) is 9.78 Å². The SMILES string of the molecule is COc1cc(COc2ccn(C3CC3)n2)ccc1OC(F)F. The van der Waals surface area contributed by atoms with Crippen LogP contribution in [0.2, 0.25) is 0 Å². The van der Waals surface area contributed by atoms with Crippen molar-refractivity contribution < 1.29 is 23.0 Å². The fraction of sp³-hybridized carbons (Fsp3) is 0.400. The Hall–Kier alpha value is -2.31. The summed E-state index contributed by atoms with van der Waals surface area (Å²) in [6.45, 7) is -2.62. The third-order valence-electron chi connectivity index (χ3n) is 3.34. The van der Waals surface area contributed by atoms with E-state index in [-0.39, 0.29) is 18.1 Å². The summed E-state index contributed by atoms with van der Waals surface area (Å²) >= 11 is 0. The van der Waals surface area contributed by atoms with Crippen LogP contribution in [0, 0.1) is 0 Å². The molecule has 0 bridgehead atoms. The van der Waals surface area contributed by atoms with Crippen LogP contribution in [0.1, 0.15) is 24.4 Å². The van der Waals surface area contributed by atoms with Gasteiger partial charge >= 0.3 is 6.61 Å². The molecule has 0 aliphatic heterocycles. The minimum Gasteiger partial charge on any atom is -0.493 e. The van der Waals surface area contributed by atoms with Gasteiger partial charge in [0.25, 0.3) is 0 Å². The van der Waals surface area contributed by atoms with Crippen molar-refractivity contribution >= 4 is 0 Å². The maximum absolute atomic E-state index is 12.3. The second-order valence-electron chi connectivity index (χ2n) is 5.02. The molecule has 0 N–H and O–H groups in total. The summed E-state index contributed by atoms with van der Waals surface area (Å²) in [5, 5.41) is 4.33. The Morgan fingerprint density at radius 2 is 2.09 bits per heavy atom. The van der Waals surface area contributed by atoms with Gasteiger partial charge in [-0.25, -0.2) is 0 Å². The number of rotatable bonds is 7. The molecule has 0 spiro atoms. The van der Waals surface area contributed by atoms with E-state index >= 15 is 0 Å². The smallest absolute Gasteiger partial charge is 0.387 e. The van der Waals surface area contributed by atoms with Gasteiger partial charge in [-0.05, 0) is 30.5 Å². The van der Waals surface area contributed by atoms with Gasteiger partial charge in [0.1, 0.15) is 6.61 Å². The lowest BCUT2D eigenvalue weighted by atomic mass is 10.2. The lowest BCUT2D eigenvalue weighted by Gasteiger charge is -2.11. The number of benzene rings is 1. The monoisotopic (exact) mass is 310 g/mol. The Bertz CT molecular complexity index is 641. The highest BCUT2D eigenvalue weighted by Crippen LogP contribution is 2.34. The number of halogens is 2. The zero-order valence-corrected chi connectivity index (χ0v) is 12.0. The van der Waals surface area contributed by atoms with Crippen LogP contribution in [0.4, 0.5) is 8.78 Å². The maximum Gasteiger partial charge on any atom is 0.387 e. The van der Waals surface area contributed by atoms with Crippen molar-refractivity contribution in [3.05, 3.63) is 36.0 Å². The van der Waals surface area contributed by atoms with E-state index in [2.05, 4.69) is 9.84 Å². The van der Waals surface area contributed by atoms with Crippen molar-refractivity contribution in [3.8, 4) is 17.4 Å². The molecule has 1 saturated carbocycles. The zero-order chi connectivity index (χ0) is 15.5. The summed E-state index contributed by atoms with van der Waals surface area (Å²) in [5.41, 5.74) is 0.777. The van der Waals surface area contributed by atoms with Crippen molar-refractivity contribution in [3.63, 3.8) is 0 Å². The average molecular weight is 310 g/mol. The van der Waals surface area contributed by atoms with E-state index < -0.39 is 6.61 Å². The van der Waals surface area contributed by atoms with E-state index in [0.29, 0.717) is 11.9 Å². The Kier molecular flexibility index (Phi) is 4.13. The highest BCUT2D eigenvalue weighted by molar-refractivity contribution is 5.42. The van der Waals surface area contributed by atoms with Gasteiger partial charge in [0, 0.05) is 12.3 Å². The van der Waals surface area contributed by atoms with Crippen LogP contribution in [0.3, 0.4) is 0 Å². The van der Waals surface area contributed by atoms with Gasteiger partial charge < -0.3 is 14.2 Å². The molecular weight excluding hydrogens is 294 g/mol. The van der Waals surface area contributed by atoms with Gasteiger partial charge in [-0.1, -0.05) is 6.07 Å². The summed E-state index contributed by atoms with van der Waals surface area (Å²) in [6, 6.07) is 7.01. The van der Waals surface area contributed by atoms with E-state index in [1.54, 1.807) is 12.1 Å². The predicted octanol–water partition coefficient (Wildman–Crippen LogP) is 3.41. The van der Waals surface area contributed by atoms with Crippen molar-refractivity contribution in [2.45, 2.75) is 32.1 Å². The second-order valence-corrected chi connectivity index (χ2v) is 5.02. The van der Waals surface area contributed by atoms with Gasteiger partial charge in [-0.2, -0.15) is 8.78 Å². The number of hydrogen-bond donors (Lipinski definition) is 0. The number of alkyl halides is 2.